The summed E-state index contributed by atoms with van der Waals surface area (Å²) in [6.45, 7) is 2.43. The molecule has 2 N–H and O–H groups in total. The molecule has 0 atom stereocenters. The minimum absolute atomic E-state index is 0.0903. The highest BCUT2D eigenvalue weighted by molar-refractivity contribution is 8.00. The average molecular weight is 282 g/mol. The molecule has 0 aliphatic carbocycles. The molecule has 0 aliphatic heterocycles. The van der Waals surface area contributed by atoms with Crippen LogP contribution >= 0.6 is 11.8 Å². The molecule has 0 bridgehead atoms. The Morgan fingerprint density at radius 2 is 1.89 bits per heavy atom. The number of rotatable bonds is 7. The number of carbonyl (C=O) groups is 2. The van der Waals surface area contributed by atoms with Crippen LogP contribution in [0.5, 0.6) is 5.75 Å². The number of para-hydroxylation sites is 2. The lowest BCUT2D eigenvalue weighted by atomic mass is 10.3. The van der Waals surface area contributed by atoms with Gasteiger partial charge in [0.1, 0.15) is 5.75 Å². The van der Waals surface area contributed by atoms with Crippen molar-refractivity contribution in [3.05, 3.63) is 24.3 Å². The van der Waals surface area contributed by atoms with Crippen LogP contribution < -0.4 is 15.4 Å². The smallest absolute Gasteiger partial charge is 0.234 e. The van der Waals surface area contributed by atoms with Gasteiger partial charge in [0.2, 0.25) is 11.8 Å². The third-order valence-electron chi connectivity index (χ3n) is 2.21. The maximum absolute atomic E-state index is 11.7. The van der Waals surface area contributed by atoms with E-state index in [4.69, 9.17) is 4.74 Å². The lowest BCUT2D eigenvalue weighted by molar-refractivity contribution is -0.118. The first-order valence-electron chi connectivity index (χ1n) is 5.97. The van der Waals surface area contributed by atoms with Crippen LogP contribution in [-0.4, -0.2) is 37.0 Å². The molecular formula is C13H18N2O3S. The lowest BCUT2D eigenvalue weighted by Gasteiger charge is -2.10. The third-order valence-corrected chi connectivity index (χ3v) is 3.14. The molecule has 1 rings (SSSR count). The zero-order chi connectivity index (χ0) is 14.1. The molecule has 6 heteroatoms. The molecule has 1 aromatic rings. The molecular weight excluding hydrogens is 264 g/mol. The van der Waals surface area contributed by atoms with Crippen molar-refractivity contribution in [2.75, 3.05) is 30.5 Å². The van der Waals surface area contributed by atoms with Gasteiger partial charge >= 0.3 is 0 Å². The number of anilines is 1. The maximum Gasteiger partial charge on any atom is 0.234 e. The van der Waals surface area contributed by atoms with Crippen molar-refractivity contribution < 1.29 is 14.3 Å². The third kappa shape index (κ3) is 5.65. The van der Waals surface area contributed by atoms with Crippen LogP contribution in [-0.2, 0) is 9.59 Å². The molecule has 1 aromatic carbocycles. The van der Waals surface area contributed by atoms with Gasteiger partial charge in [0.05, 0.1) is 23.8 Å². The molecule has 0 fully saturated rings. The van der Waals surface area contributed by atoms with Crippen LogP contribution in [0, 0.1) is 0 Å². The lowest BCUT2D eigenvalue weighted by Crippen LogP contribution is -2.22. The Morgan fingerprint density at radius 1 is 1.21 bits per heavy atom. The molecule has 0 heterocycles. The summed E-state index contributed by atoms with van der Waals surface area (Å²) < 4.78 is 5.41. The molecule has 0 aromatic heterocycles. The van der Waals surface area contributed by atoms with Crippen LogP contribution in [0.4, 0.5) is 5.69 Å². The summed E-state index contributed by atoms with van der Waals surface area (Å²) in [4.78, 5) is 22.7. The quantitative estimate of drug-likeness (QED) is 0.795. The molecule has 2 amide bonds. The maximum atomic E-state index is 11.7. The summed E-state index contributed by atoms with van der Waals surface area (Å²) in [6.07, 6.45) is 0. The fraction of sp³-hybridized carbons (Fsp3) is 0.385. The van der Waals surface area contributed by atoms with E-state index in [9.17, 15) is 9.59 Å². The van der Waals surface area contributed by atoms with Crippen molar-refractivity contribution in [2.45, 2.75) is 6.92 Å². The minimum atomic E-state index is -0.152. The van der Waals surface area contributed by atoms with Crippen LogP contribution in [0.2, 0.25) is 0 Å². The van der Waals surface area contributed by atoms with Gasteiger partial charge in [-0.05, 0) is 19.1 Å². The SMILES string of the molecule is CCOc1ccccc1NC(=O)CSCC(=O)NC. The predicted octanol–water partition coefficient (Wildman–Crippen LogP) is 1.50. The van der Waals surface area contributed by atoms with Crippen molar-refractivity contribution in [3.8, 4) is 5.75 Å². The van der Waals surface area contributed by atoms with E-state index < -0.39 is 0 Å². The van der Waals surface area contributed by atoms with E-state index in [-0.39, 0.29) is 23.3 Å². The summed E-state index contributed by atoms with van der Waals surface area (Å²) in [7, 11) is 1.57. The predicted molar refractivity (Wildman–Crippen MR) is 77.6 cm³/mol. The Labute approximate surface area is 117 Å². The number of ether oxygens (including phenoxy) is 1. The Bertz CT molecular complexity index is 438. The second kappa shape index (κ2) is 8.42. The number of hydrogen-bond donors (Lipinski definition) is 2. The first kappa shape index (κ1) is 15.4. The number of benzene rings is 1. The Balaban J connectivity index is 2.45. The van der Waals surface area contributed by atoms with Crippen LogP contribution in [0.15, 0.2) is 24.3 Å². The van der Waals surface area contributed by atoms with Gasteiger partial charge in [-0.2, -0.15) is 0 Å². The summed E-state index contributed by atoms with van der Waals surface area (Å²) in [5.41, 5.74) is 0.648. The fourth-order valence-corrected chi connectivity index (χ4v) is 2.04. The monoisotopic (exact) mass is 282 g/mol. The minimum Gasteiger partial charge on any atom is -0.492 e. The highest BCUT2D eigenvalue weighted by atomic mass is 32.2. The van der Waals surface area contributed by atoms with Crippen molar-refractivity contribution in [2.24, 2.45) is 0 Å². The molecule has 0 unspecified atom stereocenters. The number of carbonyl (C=O) groups excluding carboxylic acids is 2. The van der Waals surface area contributed by atoms with Crippen molar-refractivity contribution in [1.29, 1.82) is 0 Å². The highest BCUT2D eigenvalue weighted by Gasteiger charge is 2.08. The molecule has 104 valence electrons. The number of nitrogens with one attached hydrogen (secondary N) is 2. The van der Waals surface area contributed by atoms with Gasteiger partial charge in [-0.3, -0.25) is 9.59 Å². The van der Waals surface area contributed by atoms with E-state index in [1.54, 1.807) is 19.2 Å². The summed E-state index contributed by atoms with van der Waals surface area (Å²) in [5, 5.41) is 5.27. The molecule has 0 aliphatic rings. The van der Waals surface area contributed by atoms with E-state index >= 15 is 0 Å². The van der Waals surface area contributed by atoms with Gasteiger partial charge in [-0.1, -0.05) is 12.1 Å². The number of hydrogen-bond acceptors (Lipinski definition) is 4. The second-order valence-corrected chi connectivity index (χ2v) is 4.63. The van der Waals surface area contributed by atoms with Crippen LogP contribution in [0.1, 0.15) is 6.92 Å². The first-order valence-corrected chi connectivity index (χ1v) is 7.12. The summed E-state index contributed by atoms with van der Waals surface area (Å²) in [5.74, 6) is 0.911. The van der Waals surface area contributed by atoms with Crippen LogP contribution in [0.25, 0.3) is 0 Å². The van der Waals surface area contributed by atoms with Crippen molar-refractivity contribution >= 4 is 29.3 Å². The highest BCUT2D eigenvalue weighted by Crippen LogP contribution is 2.23. The number of amides is 2. The molecule has 0 radical (unpaired) electrons. The van der Waals surface area contributed by atoms with Gasteiger partial charge < -0.3 is 15.4 Å². The molecule has 0 saturated carbocycles. The van der Waals surface area contributed by atoms with Gasteiger partial charge in [0.25, 0.3) is 0 Å². The summed E-state index contributed by atoms with van der Waals surface area (Å²) >= 11 is 1.27. The van der Waals surface area contributed by atoms with E-state index in [2.05, 4.69) is 10.6 Å². The zero-order valence-electron chi connectivity index (χ0n) is 11.1. The van der Waals surface area contributed by atoms with E-state index in [1.807, 2.05) is 19.1 Å². The fourth-order valence-electron chi connectivity index (χ4n) is 1.35. The largest absolute Gasteiger partial charge is 0.492 e. The molecule has 0 saturated heterocycles. The topological polar surface area (TPSA) is 67.4 Å². The number of thioether (sulfide) groups is 1. The van der Waals surface area contributed by atoms with E-state index in [1.165, 1.54) is 11.8 Å². The Kier molecular flexibility index (Phi) is 6.81. The van der Waals surface area contributed by atoms with Gasteiger partial charge in [-0.15, -0.1) is 11.8 Å². The summed E-state index contributed by atoms with van der Waals surface area (Å²) in [6, 6.07) is 7.26. The normalized spacial score (nSPS) is 9.79. The Hall–Kier alpha value is -1.69. The van der Waals surface area contributed by atoms with Gasteiger partial charge in [0.15, 0.2) is 0 Å². The average Bonchev–Trinajstić information content (AvgIpc) is 2.41. The van der Waals surface area contributed by atoms with Crippen LogP contribution in [0.3, 0.4) is 0 Å². The standard InChI is InChI=1S/C13H18N2O3S/c1-3-18-11-7-5-4-6-10(11)15-13(17)9-19-8-12(16)14-2/h4-7H,3,8-9H2,1-2H3,(H,14,16)(H,15,17). The van der Waals surface area contributed by atoms with Crippen molar-refractivity contribution in [1.82, 2.24) is 5.32 Å². The van der Waals surface area contributed by atoms with E-state index in [0.717, 1.165) is 0 Å². The van der Waals surface area contributed by atoms with Crippen molar-refractivity contribution in [3.63, 3.8) is 0 Å². The van der Waals surface area contributed by atoms with E-state index in [0.29, 0.717) is 18.0 Å². The molecule has 0 spiro atoms. The molecule has 19 heavy (non-hydrogen) atoms. The van der Waals surface area contributed by atoms with Gasteiger partial charge in [-0.25, -0.2) is 0 Å². The van der Waals surface area contributed by atoms with Gasteiger partial charge in [0, 0.05) is 7.05 Å². The Morgan fingerprint density at radius 3 is 2.58 bits per heavy atom. The molecule has 5 nitrogen and oxygen atoms in total. The first-order chi connectivity index (χ1) is 9.17. The zero-order valence-corrected chi connectivity index (χ0v) is 11.9. The second-order valence-electron chi connectivity index (χ2n) is 3.64.